The normalized spacial score (nSPS) is 17.4. The molecule has 1 fully saturated rings. The van der Waals surface area contributed by atoms with Crippen molar-refractivity contribution in [3.63, 3.8) is 0 Å². The Morgan fingerprint density at radius 3 is 2.63 bits per heavy atom. The Morgan fingerprint density at radius 2 is 1.88 bits per heavy atom. The number of hydrogen-bond acceptors (Lipinski definition) is 7. The molecule has 4 rings (SSSR count). The minimum atomic E-state index is -1.12. The summed E-state index contributed by atoms with van der Waals surface area (Å²) in [6, 6.07) is 15.9. The number of carbonyl (C=O) groups excluding carboxylic acids is 3. The zero-order chi connectivity index (χ0) is 29.2. The van der Waals surface area contributed by atoms with Gasteiger partial charge in [-0.05, 0) is 56.7 Å². The Bertz CT molecular complexity index is 1330. The lowest BCUT2D eigenvalue weighted by Crippen LogP contribution is -2.52. The second-order valence-electron chi connectivity index (χ2n) is 10.6. The largest absolute Gasteiger partial charge is 0.445 e. The summed E-state index contributed by atoms with van der Waals surface area (Å²) in [6.07, 6.45) is 2.30. The number of carbonyl (C=O) groups is 3. The molecular weight excluding hydrogens is 524 g/mol. The first-order chi connectivity index (χ1) is 19.8. The second-order valence-corrected chi connectivity index (χ2v) is 10.6. The van der Waals surface area contributed by atoms with Crippen LogP contribution in [0.1, 0.15) is 54.7 Å². The maximum Gasteiger partial charge on any atom is 0.408 e. The highest BCUT2D eigenvalue weighted by atomic mass is 16.5. The number of rotatable bonds is 12. The summed E-state index contributed by atoms with van der Waals surface area (Å²) in [5.41, 5.74) is 8.98. The van der Waals surface area contributed by atoms with Crippen molar-refractivity contribution in [2.75, 3.05) is 6.61 Å². The van der Waals surface area contributed by atoms with E-state index in [1.165, 1.54) is 0 Å². The molecule has 10 heteroatoms. The van der Waals surface area contributed by atoms with E-state index in [2.05, 4.69) is 15.6 Å². The van der Waals surface area contributed by atoms with Crippen LogP contribution in [-0.4, -0.2) is 41.6 Å². The molecule has 0 bridgehead atoms. The molecule has 10 nitrogen and oxygen atoms in total. The third-order valence-electron chi connectivity index (χ3n) is 7.11. The highest BCUT2D eigenvalue weighted by Crippen LogP contribution is 2.26. The van der Waals surface area contributed by atoms with Gasteiger partial charge in [-0.3, -0.25) is 9.59 Å². The number of alkyl carbamates (subject to hydrolysis) is 1. The lowest BCUT2D eigenvalue weighted by molar-refractivity contribution is -0.127. The average molecular weight is 563 g/mol. The van der Waals surface area contributed by atoms with Crippen molar-refractivity contribution in [2.24, 2.45) is 11.7 Å². The number of oxazole rings is 1. The van der Waals surface area contributed by atoms with Crippen LogP contribution >= 0.6 is 0 Å². The van der Waals surface area contributed by atoms with Crippen LogP contribution in [0.25, 0.3) is 11.5 Å². The van der Waals surface area contributed by atoms with Crippen molar-refractivity contribution in [2.45, 2.75) is 71.2 Å². The third kappa shape index (κ3) is 9.18. The predicted molar refractivity (Wildman–Crippen MR) is 152 cm³/mol. The quantitative estimate of drug-likeness (QED) is 0.298. The fourth-order valence-electron chi connectivity index (χ4n) is 4.98. The fourth-order valence-corrected chi connectivity index (χ4v) is 4.98. The van der Waals surface area contributed by atoms with E-state index in [1.54, 1.807) is 0 Å². The van der Waals surface area contributed by atoms with Crippen LogP contribution in [0.15, 0.2) is 59.0 Å². The van der Waals surface area contributed by atoms with Crippen LogP contribution in [0.5, 0.6) is 0 Å². The Morgan fingerprint density at radius 1 is 1.07 bits per heavy atom. The number of aromatic nitrogens is 1. The van der Waals surface area contributed by atoms with Gasteiger partial charge in [0, 0.05) is 18.2 Å². The Kier molecular flexibility index (Phi) is 10.5. The average Bonchev–Trinajstić information content (AvgIpc) is 3.32. The van der Waals surface area contributed by atoms with Gasteiger partial charge in [0.15, 0.2) is 0 Å². The molecule has 1 aliphatic carbocycles. The second kappa shape index (κ2) is 14.5. The minimum Gasteiger partial charge on any atom is -0.445 e. The van der Waals surface area contributed by atoms with Gasteiger partial charge in [0.25, 0.3) is 0 Å². The maximum absolute atomic E-state index is 13.0. The summed E-state index contributed by atoms with van der Waals surface area (Å²) in [4.78, 5) is 41.5. The number of nitrogens with one attached hydrogen (secondary N) is 2. The molecule has 3 atom stereocenters. The summed E-state index contributed by atoms with van der Waals surface area (Å²) >= 11 is 0. The molecule has 1 heterocycles. The maximum atomic E-state index is 13.0. The number of ether oxygens (including phenoxy) is 2. The van der Waals surface area contributed by atoms with Gasteiger partial charge in [-0.15, -0.1) is 0 Å². The molecule has 2 aromatic carbocycles. The van der Waals surface area contributed by atoms with E-state index in [0.29, 0.717) is 19.1 Å². The summed E-state index contributed by atoms with van der Waals surface area (Å²) < 4.78 is 17.1. The first-order valence-electron chi connectivity index (χ1n) is 13.9. The van der Waals surface area contributed by atoms with Crippen molar-refractivity contribution in [1.29, 1.82) is 0 Å². The molecule has 0 saturated heterocycles. The summed E-state index contributed by atoms with van der Waals surface area (Å²) in [5.74, 6) is 0.390. The van der Waals surface area contributed by atoms with E-state index in [1.807, 2.05) is 68.4 Å². The highest BCUT2D eigenvalue weighted by molar-refractivity contribution is 5.90. The first kappa shape index (κ1) is 29.8. The van der Waals surface area contributed by atoms with E-state index < -0.39 is 23.9 Å². The van der Waals surface area contributed by atoms with Crippen LogP contribution in [0.4, 0.5) is 4.79 Å². The number of hydrogen-bond donors (Lipinski definition) is 3. The minimum absolute atomic E-state index is 0.0446. The number of nitrogens with zero attached hydrogens (tertiary/aromatic N) is 1. The van der Waals surface area contributed by atoms with Crippen molar-refractivity contribution in [3.05, 3.63) is 77.2 Å². The number of primary amides is 1. The van der Waals surface area contributed by atoms with E-state index >= 15 is 0 Å². The summed E-state index contributed by atoms with van der Waals surface area (Å²) in [5, 5.41) is 5.46. The number of benzene rings is 2. The topological polar surface area (TPSA) is 146 Å². The molecule has 0 aliphatic heterocycles. The Labute approximate surface area is 240 Å². The molecular formula is C31H38N4O6. The van der Waals surface area contributed by atoms with Crippen LogP contribution in [-0.2, 0) is 32.3 Å². The van der Waals surface area contributed by atoms with Gasteiger partial charge >= 0.3 is 6.09 Å². The van der Waals surface area contributed by atoms with Gasteiger partial charge in [-0.2, -0.15) is 0 Å². The van der Waals surface area contributed by atoms with E-state index in [-0.39, 0.29) is 25.0 Å². The number of aryl methyl sites for hydroxylation is 2. The summed E-state index contributed by atoms with van der Waals surface area (Å²) in [7, 11) is 0. The summed E-state index contributed by atoms with van der Waals surface area (Å²) in [6.45, 7) is 4.81. The van der Waals surface area contributed by atoms with Crippen LogP contribution in [0, 0.1) is 19.8 Å². The molecule has 3 unspecified atom stereocenters. The van der Waals surface area contributed by atoms with Crippen molar-refractivity contribution in [3.8, 4) is 11.5 Å². The van der Waals surface area contributed by atoms with Gasteiger partial charge < -0.3 is 30.3 Å². The van der Waals surface area contributed by atoms with Gasteiger partial charge in [0.05, 0.1) is 13.0 Å². The van der Waals surface area contributed by atoms with Gasteiger partial charge in [-0.1, -0.05) is 54.4 Å². The molecule has 0 radical (unpaired) electrons. The SMILES string of the molecule is Cc1cccc(-c2nc(COCC3CCCC(NC(=O)C(CC(N)=O)NC(=O)OCc4ccccc4)C3)c(C)o2)c1. The fraction of sp³-hybridized carbons (Fsp3) is 0.419. The van der Waals surface area contributed by atoms with Gasteiger partial charge in [0.2, 0.25) is 17.7 Å². The van der Waals surface area contributed by atoms with Gasteiger partial charge in [-0.25, -0.2) is 9.78 Å². The molecule has 1 aromatic heterocycles. The van der Waals surface area contributed by atoms with E-state index in [0.717, 1.165) is 53.8 Å². The Balaban J connectivity index is 1.24. The van der Waals surface area contributed by atoms with Crippen molar-refractivity contribution in [1.82, 2.24) is 15.6 Å². The standard InChI is InChI=1S/C31H38N4O6/c1-20-8-6-12-24(14-20)30-34-27(21(2)41-30)19-39-17-23-11-7-13-25(15-23)33-29(37)26(16-28(32)36)35-31(38)40-18-22-9-4-3-5-10-22/h3-6,8-10,12,14,23,25-26H,7,11,13,15-19H2,1-2H3,(H2,32,36)(H,33,37)(H,35,38). The van der Waals surface area contributed by atoms with Crippen molar-refractivity contribution < 1.29 is 28.3 Å². The molecule has 41 heavy (non-hydrogen) atoms. The smallest absolute Gasteiger partial charge is 0.408 e. The zero-order valence-corrected chi connectivity index (χ0v) is 23.6. The van der Waals surface area contributed by atoms with Crippen LogP contribution < -0.4 is 16.4 Å². The molecule has 3 aromatic rings. The first-order valence-corrected chi connectivity index (χ1v) is 13.9. The molecule has 1 aliphatic rings. The predicted octanol–water partition coefficient (Wildman–Crippen LogP) is 4.32. The molecule has 1 saturated carbocycles. The number of nitrogens with two attached hydrogens (primary N) is 1. The third-order valence-corrected chi connectivity index (χ3v) is 7.11. The monoisotopic (exact) mass is 562 g/mol. The molecule has 4 N–H and O–H groups in total. The van der Waals surface area contributed by atoms with Crippen molar-refractivity contribution >= 4 is 17.9 Å². The molecule has 0 spiro atoms. The zero-order valence-electron chi connectivity index (χ0n) is 23.6. The molecule has 218 valence electrons. The van der Waals surface area contributed by atoms with Crippen LogP contribution in [0.2, 0.25) is 0 Å². The lowest BCUT2D eigenvalue weighted by atomic mass is 9.86. The Hall–Kier alpha value is -4.18. The highest BCUT2D eigenvalue weighted by Gasteiger charge is 2.29. The molecule has 3 amide bonds. The van der Waals surface area contributed by atoms with Crippen LogP contribution in [0.3, 0.4) is 0 Å². The van der Waals surface area contributed by atoms with E-state index in [9.17, 15) is 14.4 Å². The van der Waals surface area contributed by atoms with E-state index in [4.69, 9.17) is 19.6 Å². The number of amides is 3. The lowest BCUT2D eigenvalue weighted by Gasteiger charge is -2.30. The van der Waals surface area contributed by atoms with Gasteiger partial charge in [0.1, 0.15) is 24.1 Å².